The summed E-state index contributed by atoms with van der Waals surface area (Å²) >= 11 is 0. The van der Waals surface area contributed by atoms with Gasteiger partial charge in [0, 0.05) is 45.7 Å². The Bertz CT molecular complexity index is 1350. The third kappa shape index (κ3) is 4.43. The molecule has 0 bridgehead atoms. The van der Waals surface area contributed by atoms with Crippen LogP contribution < -0.4 is 10.2 Å². The number of aromatic nitrogens is 4. The maximum absolute atomic E-state index is 12.1. The molecule has 2 aliphatic heterocycles. The van der Waals surface area contributed by atoms with E-state index in [4.69, 9.17) is 9.97 Å². The Morgan fingerprint density at radius 3 is 2.54 bits per heavy atom. The molecule has 1 fully saturated rings. The van der Waals surface area contributed by atoms with Gasteiger partial charge in [-0.1, -0.05) is 54.6 Å². The number of likely N-dealkylation sites (tertiary alicyclic amines) is 1. The van der Waals surface area contributed by atoms with Crippen LogP contribution in [0, 0.1) is 0 Å². The number of hydrogen-bond donors (Lipinski definition) is 1. The Balaban J connectivity index is 1.32. The molecule has 2 aliphatic rings. The van der Waals surface area contributed by atoms with Crippen molar-refractivity contribution in [2.24, 2.45) is 0 Å². The van der Waals surface area contributed by atoms with Gasteiger partial charge in [0.15, 0.2) is 17.0 Å². The number of amides is 1. The first kappa shape index (κ1) is 21.6. The molecular weight excluding hydrogens is 438 g/mol. The Labute approximate surface area is 204 Å². The third-order valence-corrected chi connectivity index (χ3v) is 6.95. The lowest BCUT2D eigenvalue weighted by atomic mass is 10.0. The lowest BCUT2D eigenvalue weighted by Gasteiger charge is -2.29. The second-order valence-corrected chi connectivity index (χ2v) is 9.25. The number of benzene rings is 2. The molecule has 0 atom stereocenters. The van der Waals surface area contributed by atoms with Crippen LogP contribution in [-0.2, 0) is 30.8 Å². The molecule has 1 amide bonds. The number of carbonyl (C=O) groups excluding carboxylic acids is 1. The zero-order chi connectivity index (χ0) is 23.6. The van der Waals surface area contributed by atoms with Crippen molar-refractivity contribution in [3.8, 4) is 0 Å². The second kappa shape index (κ2) is 9.37. The Kier molecular flexibility index (Phi) is 5.78. The largest absolute Gasteiger partial charge is 0.364 e. The van der Waals surface area contributed by atoms with Gasteiger partial charge in [0.1, 0.15) is 0 Å². The van der Waals surface area contributed by atoms with Crippen molar-refractivity contribution in [3.63, 3.8) is 0 Å². The number of rotatable bonds is 7. The van der Waals surface area contributed by atoms with Crippen molar-refractivity contribution in [1.29, 1.82) is 0 Å². The summed E-state index contributed by atoms with van der Waals surface area (Å²) in [6.07, 6.45) is 4.39. The van der Waals surface area contributed by atoms with E-state index in [2.05, 4.69) is 56.2 Å². The van der Waals surface area contributed by atoms with Gasteiger partial charge in [-0.15, -0.1) is 0 Å². The molecule has 0 unspecified atom stereocenters. The third-order valence-electron chi connectivity index (χ3n) is 6.95. The van der Waals surface area contributed by atoms with E-state index >= 15 is 0 Å². The summed E-state index contributed by atoms with van der Waals surface area (Å²) in [5, 5.41) is 3.50. The highest BCUT2D eigenvalue weighted by Crippen LogP contribution is 2.27. The van der Waals surface area contributed by atoms with Crippen molar-refractivity contribution in [2.45, 2.75) is 38.9 Å². The SMILES string of the molecule is O=C1CCCN1CCn1cnc2c(NCc3ccccc3)nc(N3CCc4ccccc4C3)nc21. The molecule has 35 heavy (non-hydrogen) atoms. The number of anilines is 2. The van der Waals surface area contributed by atoms with E-state index < -0.39 is 0 Å². The molecule has 1 saturated heterocycles. The van der Waals surface area contributed by atoms with Crippen LogP contribution in [0.1, 0.15) is 29.5 Å². The quantitative estimate of drug-likeness (QED) is 0.447. The van der Waals surface area contributed by atoms with Crippen LogP contribution in [0.2, 0.25) is 0 Å². The van der Waals surface area contributed by atoms with E-state index in [9.17, 15) is 4.79 Å². The van der Waals surface area contributed by atoms with Gasteiger partial charge in [0.05, 0.1) is 6.33 Å². The fourth-order valence-corrected chi connectivity index (χ4v) is 4.98. The van der Waals surface area contributed by atoms with Crippen LogP contribution in [-0.4, -0.2) is 50.0 Å². The van der Waals surface area contributed by atoms with Crippen LogP contribution in [0.25, 0.3) is 11.2 Å². The standard InChI is InChI=1S/C27H29N7O/c35-23-11-6-13-32(23)15-16-34-19-29-24-25(28-17-20-7-2-1-3-8-20)30-27(31-26(24)34)33-14-12-21-9-4-5-10-22(21)18-33/h1-5,7-10,19H,6,11-18H2,(H,28,30,31). The van der Waals surface area contributed by atoms with Gasteiger partial charge in [-0.3, -0.25) is 4.79 Å². The van der Waals surface area contributed by atoms with E-state index in [1.165, 1.54) is 16.7 Å². The maximum atomic E-state index is 12.1. The number of carbonyl (C=O) groups is 1. The smallest absolute Gasteiger partial charge is 0.229 e. The van der Waals surface area contributed by atoms with Crippen LogP contribution in [0.15, 0.2) is 60.9 Å². The van der Waals surface area contributed by atoms with Gasteiger partial charge >= 0.3 is 0 Å². The molecule has 4 heterocycles. The molecule has 8 heteroatoms. The highest BCUT2D eigenvalue weighted by Gasteiger charge is 2.23. The summed E-state index contributed by atoms with van der Waals surface area (Å²) in [5.74, 6) is 1.69. The fourth-order valence-electron chi connectivity index (χ4n) is 4.98. The monoisotopic (exact) mass is 467 g/mol. The zero-order valence-electron chi connectivity index (χ0n) is 19.7. The molecule has 6 rings (SSSR count). The maximum Gasteiger partial charge on any atom is 0.229 e. The summed E-state index contributed by atoms with van der Waals surface area (Å²) in [4.78, 5) is 30.9. The van der Waals surface area contributed by atoms with Crippen molar-refractivity contribution >= 4 is 28.8 Å². The predicted molar refractivity (Wildman–Crippen MR) is 136 cm³/mol. The zero-order valence-corrected chi connectivity index (χ0v) is 19.7. The van der Waals surface area contributed by atoms with E-state index in [1.54, 1.807) is 0 Å². The molecule has 8 nitrogen and oxygen atoms in total. The molecule has 0 saturated carbocycles. The number of fused-ring (bicyclic) bond motifs is 2. The molecule has 1 N–H and O–H groups in total. The van der Waals surface area contributed by atoms with Crippen LogP contribution >= 0.6 is 0 Å². The van der Waals surface area contributed by atoms with Crippen molar-refractivity contribution in [2.75, 3.05) is 29.9 Å². The fraction of sp³-hybridized carbons (Fsp3) is 0.333. The Hall–Kier alpha value is -3.94. The highest BCUT2D eigenvalue weighted by molar-refractivity contribution is 5.84. The number of nitrogens with zero attached hydrogens (tertiary/aromatic N) is 6. The van der Waals surface area contributed by atoms with Crippen molar-refractivity contribution in [1.82, 2.24) is 24.4 Å². The molecule has 0 spiro atoms. The number of nitrogens with one attached hydrogen (secondary N) is 1. The average Bonchev–Trinajstić information content (AvgIpc) is 3.51. The van der Waals surface area contributed by atoms with Gasteiger partial charge in [0.25, 0.3) is 0 Å². The summed E-state index contributed by atoms with van der Waals surface area (Å²) < 4.78 is 2.05. The first-order valence-corrected chi connectivity index (χ1v) is 12.3. The second-order valence-electron chi connectivity index (χ2n) is 9.25. The van der Waals surface area contributed by atoms with Gasteiger partial charge in [-0.25, -0.2) is 4.98 Å². The molecule has 0 aliphatic carbocycles. The van der Waals surface area contributed by atoms with E-state index in [1.807, 2.05) is 29.4 Å². The lowest BCUT2D eigenvalue weighted by molar-refractivity contribution is -0.127. The highest BCUT2D eigenvalue weighted by atomic mass is 16.2. The summed E-state index contributed by atoms with van der Waals surface area (Å²) in [6.45, 7) is 4.49. The Morgan fingerprint density at radius 2 is 1.71 bits per heavy atom. The van der Waals surface area contributed by atoms with Gasteiger partial charge < -0.3 is 19.7 Å². The topological polar surface area (TPSA) is 79.2 Å². The number of hydrogen-bond acceptors (Lipinski definition) is 6. The molecule has 2 aromatic heterocycles. The summed E-state index contributed by atoms with van der Waals surface area (Å²) in [6, 6.07) is 18.9. The predicted octanol–water partition coefficient (Wildman–Crippen LogP) is 3.62. The van der Waals surface area contributed by atoms with E-state index in [0.29, 0.717) is 32.0 Å². The van der Waals surface area contributed by atoms with Crippen molar-refractivity contribution in [3.05, 3.63) is 77.6 Å². The molecule has 4 aromatic rings. The first-order chi connectivity index (χ1) is 17.2. The molecule has 2 aromatic carbocycles. The average molecular weight is 468 g/mol. The van der Waals surface area contributed by atoms with Gasteiger partial charge in [0.2, 0.25) is 11.9 Å². The number of imidazole rings is 1. The van der Waals surface area contributed by atoms with E-state index in [-0.39, 0.29) is 5.91 Å². The van der Waals surface area contributed by atoms with Gasteiger partial charge in [-0.2, -0.15) is 9.97 Å². The minimum absolute atomic E-state index is 0.238. The van der Waals surface area contributed by atoms with E-state index in [0.717, 1.165) is 49.5 Å². The normalized spacial score (nSPS) is 15.6. The lowest BCUT2D eigenvalue weighted by Crippen LogP contribution is -2.32. The van der Waals surface area contributed by atoms with Crippen LogP contribution in [0.3, 0.4) is 0 Å². The van der Waals surface area contributed by atoms with Gasteiger partial charge in [-0.05, 0) is 29.5 Å². The minimum atomic E-state index is 0.238. The van der Waals surface area contributed by atoms with Crippen LogP contribution in [0.5, 0.6) is 0 Å². The van der Waals surface area contributed by atoms with Crippen LogP contribution in [0.4, 0.5) is 11.8 Å². The molecule has 178 valence electrons. The first-order valence-electron chi connectivity index (χ1n) is 12.3. The summed E-state index contributed by atoms with van der Waals surface area (Å²) in [5.41, 5.74) is 5.46. The Morgan fingerprint density at radius 1 is 0.886 bits per heavy atom. The minimum Gasteiger partial charge on any atom is -0.364 e. The van der Waals surface area contributed by atoms with Crippen molar-refractivity contribution < 1.29 is 4.79 Å². The molecule has 0 radical (unpaired) electrons. The molecular formula is C27H29N7O. The summed E-state index contributed by atoms with van der Waals surface area (Å²) in [7, 11) is 0.